The molecule has 2 aromatic carbocycles. The maximum Gasteiger partial charge on any atom is 0.368 e. The predicted molar refractivity (Wildman–Crippen MR) is 123 cm³/mol. The lowest BCUT2D eigenvalue weighted by molar-refractivity contribution is 0.692. The number of hydrogen-bond acceptors (Lipinski definition) is 5. The first kappa shape index (κ1) is 21.1. The van der Waals surface area contributed by atoms with Gasteiger partial charge in [-0.1, -0.05) is 12.1 Å². The lowest BCUT2D eigenvalue weighted by Crippen LogP contribution is -2.23. The second-order valence-electron chi connectivity index (χ2n) is 7.90. The molecule has 0 amide bonds. The smallest absolute Gasteiger partial charge is 0.244 e. The van der Waals surface area contributed by atoms with Gasteiger partial charge in [0.15, 0.2) is 0 Å². The van der Waals surface area contributed by atoms with Gasteiger partial charge in [0.2, 0.25) is 0 Å². The Bertz CT molecular complexity index is 1330. The van der Waals surface area contributed by atoms with Crippen LogP contribution in [0.2, 0.25) is 0 Å². The number of thioether (sulfide) groups is 1. The van der Waals surface area contributed by atoms with Crippen molar-refractivity contribution in [3.8, 4) is 11.4 Å². The molecule has 0 aliphatic heterocycles. The van der Waals surface area contributed by atoms with Gasteiger partial charge in [0, 0.05) is 23.4 Å². The third-order valence-corrected chi connectivity index (χ3v) is 6.62. The largest absolute Gasteiger partial charge is 0.368 e. The van der Waals surface area contributed by atoms with E-state index in [9.17, 15) is 4.79 Å². The first-order valence-corrected chi connectivity index (χ1v) is 11.1. The van der Waals surface area contributed by atoms with Gasteiger partial charge in [0.1, 0.15) is 0 Å². The van der Waals surface area contributed by atoms with Gasteiger partial charge in [0.25, 0.3) is 0 Å². The van der Waals surface area contributed by atoms with E-state index in [1.807, 2.05) is 23.7 Å². The van der Waals surface area contributed by atoms with Gasteiger partial charge in [-0.2, -0.15) is 14.5 Å². The fourth-order valence-corrected chi connectivity index (χ4v) is 4.94. The van der Waals surface area contributed by atoms with E-state index in [0.717, 1.165) is 39.6 Å². The number of rotatable bonds is 5. The van der Waals surface area contributed by atoms with E-state index in [4.69, 9.17) is 0 Å². The summed E-state index contributed by atoms with van der Waals surface area (Å²) >= 11 is 1.76. The van der Waals surface area contributed by atoms with Crippen molar-refractivity contribution in [2.24, 2.45) is 7.05 Å². The maximum absolute atomic E-state index is 12.4. The molecule has 4 rings (SSSR count). The van der Waals surface area contributed by atoms with Gasteiger partial charge in [0.05, 0.1) is 17.1 Å². The molecule has 160 valence electrons. The van der Waals surface area contributed by atoms with E-state index in [2.05, 4.69) is 67.5 Å². The van der Waals surface area contributed by atoms with Gasteiger partial charge in [-0.25, -0.2) is 9.48 Å². The first-order chi connectivity index (χ1) is 14.8. The van der Waals surface area contributed by atoms with E-state index in [-0.39, 0.29) is 5.69 Å². The predicted octanol–water partition coefficient (Wildman–Crippen LogP) is 3.99. The van der Waals surface area contributed by atoms with Crippen molar-refractivity contribution in [1.29, 1.82) is 0 Å². The number of aromatic nitrogens is 6. The molecule has 8 heteroatoms. The van der Waals surface area contributed by atoms with Crippen LogP contribution in [0.5, 0.6) is 0 Å². The summed E-state index contributed by atoms with van der Waals surface area (Å²) in [5.41, 5.74) is 8.34. The Balaban J connectivity index is 1.66. The Labute approximate surface area is 185 Å². The van der Waals surface area contributed by atoms with Crippen molar-refractivity contribution in [3.63, 3.8) is 0 Å². The molecule has 0 spiro atoms. The van der Waals surface area contributed by atoms with Crippen LogP contribution < -0.4 is 5.69 Å². The summed E-state index contributed by atoms with van der Waals surface area (Å²) in [6, 6.07) is 12.4. The Kier molecular flexibility index (Phi) is 5.58. The molecule has 2 heterocycles. The normalized spacial score (nSPS) is 11.3. The monoisotopic (exact) mass is 434 g/mol. The minimum absolute atomic E-state index is 0.252. The second kappa shape index (κ2) is 8.19. The molecule has 4 aromatic rings. The molecule has 2 aromatic heterocycles. The number of aryl methyl sites for hydroxylation is 6. The average molecular weight is 435 g/mol. The molecule has 0 aliphatic rings. The van der Waals surface area contributed by atoms with Crippen LogP contribution in [0.15, 0.2) is 46.1 Å². The van der Waals surface area contributed by atoms with E-state index < -0.39 is 0 Å². The number of nitrogens with zero attached hydrogens (tertiary/aromatic N) is 6. The lowest BCUT2D eigenvalue weighted by Gasteiger charge is -2.15. The number of benzene rings is 2. The molecule has 0 saturated heterocycles. The lowest BCUT2D eigenvalue weighted by atomic mass is 10.1. The van der Waals surface area contributed by atoms with Gasteiger partial charge >= 0.3 is 5.69 Å². The summed E-state index contributed by atoms with van der Waals surface area (Å²) in [5.74, 6) is 0.727. The van der Waals surface area contributed by atoms with E-state index in [1.54, 1.807) is 18.8 Å². The van der Waals surface area contributed by atoms with Crippen molar-refractivity contribution in [1.82, 2.24) is 29.6 Å². The topological polar surface area (TPSA) is 70.5 Å². The molecule has 0 N–H and O–H groups in total. The Hall–Kier alpha value is -3.13. The molecule has 0 unspecified atom stereocenters. The van der Waals surface area contributed by atoms with Crippen LogP contribution in [0.1, 0.15) is 33.6 Å². The molecule has 31 heavy (non-hydrogen) atoms. The molecule has 7 nitrogen and oxygen atoms in total. The summed E-state index contributed by atoms with van der Waals surface area (Å²) in [4.78, 5) is 13.6. The van der Waals surface area contributed by atoms with E-state index >= 15 is 0 Å². The highest BCUT2D eigenvalue weighted by atomic mass is 32.2. The minimum Gasteiger partial charge on any atom is -0.244 e. The zero-order chi connectivity index (χ0) is 22.3. The van der Waals surface area contributed by atoms with Crippen molar-refractivity contribution in [2.75, 3.05) is 0 Å². The third kappa shape index (κ3) is 3.95. The molecule has 0 fully saturated rings. The van der Waals surface area contributed by atoms with Crippen LogP contribution in [0.4, 0.5) is 0 Å². The average Bonchev–Trinajstić information content (AvgIpc) is 3.23. The van der Waals surface area contributed by atoms with Crippen LogP contribution in [0.3, 0.4) is 0 Å². The van der Waals surface area contributed by atoms with Crippen LogP contribution in [0, 0.1) is 34.6 Å². The summed E-state index contributed by atoms with van der Waals surface area (Å²) in [7, 11) is 1.60. The van der Waals surface area contributed by atoms with Crippen molar-refractivity contribution < 1.29 is 0 Å². The number of tetrazole rings is 1. The second-order valence-corrected chi connectivity index (χ2v) is 8.92. The summed E-state index contributed by atoms with van der Waals surface area (Å²) in [6.45, 7) is 10.4. The fraction of sp³-hybridized carbons (Fsp3) is 0.304. The van der Waals surface area contributed by atoms with Gasteiger partial charge in [-0.3, -0.25) is 0 Å². The first-order valence-electron chi connectivity index (χ1n) is 10.1. The molecule has 0 atom stereocenters. The summed E-state index contributed by atoms with van der Waals surface area (Å²) < 4.78 is 4.61. The highest BCUT2D eigenvalue weighted by Crippen LogP contribution is 2.32. The molecule has 0 saturated carbocycles. The highest BCUT2D eigenvalue weighted by molar-refractivity contribution is 7.98. The van der Waals surface area contributed by atoms with Crippen molar-refractivity contribution in [3.05, 3.63) is 80.5 Å². The van der Waals surface area contributed by atoms with Crippen LogP contribution in [-0.2, 0) is 12.8 Å². The molecular formula is C23H26N6OS. The maximum atomic E-state index is 12.4. The fourth-order valence-electron chi connectivity index (χ4n) is 3.72. The van der Waals surface area contributed by atoms with Gasteiger partial charge in [-0.15, -0.1) is 11.8 Å². The Morgan fingerprint density at radius 3 is 2.29 bits per heavy atom. The standard InChI is InChI=1S/C23H26N6OS/c1-14-8-7-9-20(29-23(30)27(6)25-26-29)19(14)13-31-22-11-15(2)21(10-16(22)3)28-18(5)12-17(4)24-28/h7-12H,13H2,1-6H3. The third-order valence-electron chi connectivity index (χ3n) is 5.44. The molecular weight excluding hydrogens is 408 g/mol. The van der Waals surface area contributed by atoms with Crippen LogP contribution in [0.25, 0.3) is 11.4 Å². The van der Waals surface area contributed by atoms with E-state index in [1.165, 1.54) is 25.4 Å². The van der Waals surface area contributed by atoms with Crippen LogP contribution in [-0.4, -0.2) is 29.6 Å². The minimum atomic E-state index is -0.252. The van der Waals surface area contributed by atoms with Gasteiger partial charge < -0.3 is 0 Å². The van der Waals surface area contributed by atoms with E-state index in [0.29, 0.717) is 0 Å². The summed E-state index contributed by atoms with van der Waals surface area (Å²) in [5, 5.41) is 12.5. The Morgan fingerprint density at radius 2 is 1.65 bits per heavy atom. The van der Waals surface area contributed by atoms with Crippen LogP contribution >= 0.6 is 11.8 Å². The summed E-state index contributed by atoms with van der Waals surface area (Å²) in [6.07, 6.45) is 0. The zero-order valence-electron chi connectivity index (χ0n) is 18.7. The van der Waals surface area contributed by atoms with Crippen molar-refractivity contribution >= 4 is 11.8 Å². The molecule has 0 bridgehead atoms. The number of hydrogen-bond donors (Lipinski definition) is 0. The highest BCUT2D eigenvalue weighted by Gasteiger charge is 2.15. The molecule has 0 aliphatic carbocycles. The van der Waals surface area contributed by atoms with Crippen molar-refractivity contribution in [2.45, 2.75) is 45.3 Å². The Morgan fingerprint density at radius 1 is 0.871 bits per heavy atom. The van der Waals surface area contributed by atoms with Gasteiger partial charge in [-0.05, 0) is 91.6 Å². The quantitative estimate of drug-likeness (QED) is 0.444. The molecule has 0 radical (unpaired) electrons. The SMILES string of the molecule is Cc1cc(C)n(-c2cc(C)c(SCc3c(C)cccc3-n3nnn(C)c3=O)cc2C)n1. The zero-order valence-corrected chi connectivity index (χ0v) is 19.5.